The normalized spacial score (nSPS) is 16.2. The molecule has 0 radical (unpaired) electrons. The molecule has 1 heterocycles. The number of halogens is 1. The van der Waals surface area contributed by atoms with Gasteiger partial charge in [-0.1, -0.05) is 0 Å². The van der Waals surface area contributed by atoms with Crippen LogP contribution in [0.1, 0.15) is 25.7 Å². The highest BCUT2D eigenvalue weighted by molar-refractivity contribution is 5.76. The minimum absolute atomic E-state index is 0.166. The number of piperidine rings is 1. The van der Waals surface area contributed by atoms with Crippen LogP contribution in [0.5, 0.6) is 5.75 Å². The van der Waals surface area contributed by atoms with Crippen molar-refractivity contribution in [3.05, 3.63) is 30.1 Å². The zero-order valence-electron chi connectivity index (χ0n) is 11.6. The highest BCUT2D eigenvalue weighted by Gasteiger charge is 2.19. The van der Waals surface area contributed by atoms with Crippen molar-refractivity contribution in [3.8, 4) is 5.75 Å². The van der Waals surface area contributed by atoms with Gasteiger partial charge in [0.05, 0.1) is 6.61 Å². The number of hydrogen-bond acceptors (Lipinski definition) is 3. The molecule has 20 heavy (non-hydrogen) atoms. The number of rotatable bonds is 5. The maximum Gasteiger partial charge on any atom is 0.222 e. The lowest BCUT2D eigenvalue weighted by atomic mass is 10.1. The molecular formula is C15H21FN2O2. The fourth-order valence-electron chi connectivity index (χ4n) is 2.25. The second kappa shape index (κ2) is 7.24. The summed E-state index contributed by atoms with van der Waals surface area (Å²) in [6, 6.07) is 6.13. The number of hydrogen-bond donors (Lipinski definition) is 1. The lowest BCUT2D eigenvalue weighted by molar-refractivity contribution is -0.132. The monoisotopic (exact) mass is 280 g/mol. The quantitative estimate of drug-likeness (QED) is 0.839. The Balaban J connectivity index is 1.63. The second-order valence-corrected chi connectivity index (χ2v) is 5.12. The average molecular weight is 280 g/mol. The van der Waals surface area contributed by atoms with Crippen molar-refractivity contribution in [2.75, 3.05) is 19.7 Å². The van der Waals surface area contributed by atoms with Gasteiger partial charge in [0.15, 0.2) is 0 Å². The van der Waals surface area contributed by atoms with Crippen LogP contribution in [-0.2, 0) is 4.79 Å². The first kappa shape index (κ1) is 14.8. The van der Waals surface area contributed by atoms with Crippen molar-refractivity contribution in [1.82, 2.24) is 4.90 Å². The smallest absolute Gasteiger partial charge is 0.222 e. The van der Waals surface area contributed by atoms with Gasteiger partial charge in [-0.05, 0) is 43.5 Å². The third-order valence-electron chi connectivity index (χ3n) is 3.51. The van der Waals surface area contributed by atoms with Crippen LogP contribution in [-0.4, -0.2) is 36.5 Å². The Bertz CT molecular complexity index is 428. The summed E-state index contributed by atoms with van der Waals surface area (Å²) in [5.41, 5.74) is 5.81. The zero-order chi connectivity index (χ0) is 14.4. The highest BCUT2D eigenvalue weighted by atomic mass is 19.1. The molecule has 1 saturated heterocycles. The second-order valence-electron chi connectivity index (χ2n) is 5.12. The molecule has 2 rings (SSSR count). The summed E-state index contributed by atoms with van der Waals surface area (Å²) >= 11 is 0. The summed E-state index contributed by atoms with van der Waals surface area (Å²) in [6.07, 6.45) is 2.92. The number of ether oxygens (including phenoxy) is 1. The Kier molecular flexibility index (Phi) is 5.35. The summed E-state index contributed by atoms with van der Waals surface area (Å²) in [5.74, 6) is 0.512. The zero-order valence-corrected chi connectivity index (χ0v) is 11.6. The van der Waals surface area contributed by atoms with Gasteiger partial charge in [-0.15, -0.1) is 0 Å². The Morgan fingerprint density at radius 1 is 1.30 bits per heavy atom. The van der Waals surface area contributed by atoms with Gasteiger partial charge < -0.3 is 15.4 Å². The van der Waals surface area contributed by atoms with Crippen LogP contribution in [0, 0.1) is 5.82 Å². The maximum atomic E-state index is 12.7. The molecule has 0 saturated carbocycles. The van der Waals surface area contributed by atoms with Crippen molar-refractivity contribution in [3.63, 3.8) is 0 Å². The maximum absolute atomic E-state index is 12.7. The first-order valence-corrected chi connectivity index (χ1v) is 7.07. The predicted molar refractivity (Wildman–Crippen MR) is 74.9 cm³/mol. The Hall–Kier alpha value is -1.62. The van der Waals surface area contributed by atoms with Crippen LogP contribution in [0.2, 0.25) is 0 Å². The van der Waals surface area contributed by atoms with E-state index in [1.807, 2.05) is 4.90 Å². The molecule has 1 amide bonds. The van der Waals surface area contributed by atoms with Gasteiger partial charge >= 0.3 is 0 Å². The summed E-state index contributed by atoms with van der Waals surface area (Å²) in [4.78, 5) is 13.8. The van der Waals surface area contributed by atoms with E-state index in [2.05, 4.69) is 0 Å². The molecule has 0 bridgehead atoms. The van der Waals surface area contributed by atoms with E-state index in [4.69, 9.17) is 10.5 Å². The molecule has 0 unspecified atom stereocenters. The molecule has 1 fully saturated rings. The van der Waals surface area contributed by atoms with Crippen molar-refractivity contribution in [2.45, 2.75) is 31.7 Å². The van der Waals surface area contributed by atoms with Gasteiger partial charge in [0, 0.05) is 25.6 Å². The lowest BCUT2D eigenvalue weighted by Crippen LogP contribution is -2.42. The number of likely N-dealkylation sites (tertiary alicyclic amines) is 1. The van der Waals surface area contributed by atoms with E-state index in [0.717, 1.165) is 25.9 Å². The van der Waals surface area contributed by atoms with E-state index in [-0.39, 0.29) is 17.8 Å². The van der Waals surface area contributed by atoms with Crippen LogP contribution in [0.25, 0.3) is 0 Å². The standard InChI is InChI=1S/C15H21FN2O2/c16-12-3-5-14(6-4-12)20-11-1-2-15(19)18-9-7-13(17)8-10-18/h3-6,13H,1-2,7-11,17H2. The Labute approximate surface area is 118 Å². The van der Waals surface area contributed by atoms with Crippen LogP contribution < -0.4 is 10.5 Å². The summed E-state index contributed by atoms with van der Waals surface area (Å²) < 4.78 is 18.2. The summed E-state index contributed by atoms with van der Waals surface area (Å²) in [6.45, 7) is 1.99. The number of nitrogens with two attached hydrogens (primary N) is 1. The van der Waals surface area contributed by atoms with E-state index in [1.54, 1.807) is 12.1 Å². The summed E-state index contributed by atoms with van der Waals surface area (Å²) in [7, 11) is 0. The topological polar surface area (TPSA) is 55.6 Å². The molecule has 1 aromatic carbocycles. The number of carbonyl (C=O) groups excluding carboxylic acids is 1. The van der Waals surface area contributed by atoms with E-state index >= 15 is 0 Å². The average Bonchev–Trinajstić information content (AvgIpc) is 2.46. The molecule has 0 spiro atoms. The van der Waals surface area contributed by atoms with Crippen LogP contribution in [0.15, 0.2) is 24.3 Å². The molecule has 1 aliphatic rings. The van der Waals surface area contributed by atoms with E-state index in [9.17, 15) is 9.18 Å². The Morgan fingerprint density at radius 2 is 1.95 bits per heavy atom. The molecule has 5 heteroatoms. The molecule has 4 nitrogen and oxygen atoms in total. The van der Waals surface area contributed by atoms with E-state index < -0.39 is 0 Å². The van der Waals surface area contributed by atoms with Crippen molar-refractivity contribution in [1.29, 1.82) is 0 Å². The van der Waals surface area contributed by atoms with Crippen LogP contribution >= 0.6 is 0 Å². The molecule has 0 aromatic heterocycles. The number of amides is 1. The largest absolute Gasteiger partial charge is 0.494 e. The number of carbonyl (C=O) groups is 1. The van der Waals surface area contributed by atoms with Crippen LogP contribution in [0.4, 0.5) is 4.39 Å². The van der Waals surface area contributed by atoms with Crippen molar-refractivity contribution < 1.29 is 13.9 Å². The van der Waals surface area contributed by atoms with Crippen LogP contribution in [0.3, 0.4) is 0 Å². The van der Waals surface area contributed by atoms with Gasteiger partial charge in [0.25, 0.3) is 0 Å². The van der Waals surface area contributed by atoms with Gasteiger partial charge in [0.2, 0.25) is 5.91 Å². The lowest BCUT2D eigenvalue weighted by Gasteiger charge is -2.30. The first-order valence-electron chi connectivity index (χ1n) is 7.07. The van der Waals surface area contributed by atoms with E-state index in [1.165, 1.54) is 12.1 Å². The molecule has 0 aliphatic carbocycles. The van der Waals surface area contributed by atoms with E-state index in [0.29, 0.717) is 25.2 Å². The molecule has 0 atom stereocenters. The Morgan fingerprint density at radius 3 is 2.60 bits per heavy atom. The first-order chi connectivity index (χ1) is 9.65. The molecule has 2 N–H and O–H groups in total. The van der Waals surface area contributed by atoms with Crippen molar-refractivity contribution >= 4 is 5.91 Å². The highest BCUT2D eigenvalue weighted by Crippen LogP contribution is 2.13. The third-order valence-corrected chi connectivity index (χ3v) is 3.51. The predicted octanol–water partition coefficient (Wildman–Crippen LogP) is 1.93. The minimum Gasteiger partial charge on any atom is -0.494 e. The van der Waals surface area contributed by atoms with Gasteiger partial charge in [-0.25, -0.2) is 4.39 Å². The fraction of sp³-hybridized carbons (Fsp3) is 0.533. The molecule has 1 aliphatic heterocycles. The number of benzene rings is 1. The van der Waals surface area contributed by atoms with Gasteiger partial charge in [-0.3, -0.25) is 4.79 Å². The number of nitrogens with zero attached hydrogens (tertiary/aromatic N) is 1. The van der Waals surface area contributed by atoms with Gasteiger partial charge in [0.1, 0.15) is 11.6 Å². The summed E-state index contributed by atoms with van der Waals surface area (Å²) in [5, 5.41) is 0. The third kappa shape index (κ3) is 4.49. The minimum atomic E-state index is -0.282. The van der Waals surface area contributed by atoms with Crippen molar-refractivity contribution in [2.24, 2.45) is 5.73 Å². The SMILES string of the molecule is NC1CCN(C(=O)CCCOc2ccc(F)cc2)CC1. The fourth-order valence-corrected chi connectivity index (χ4v) is 2.25. The molecule has 110 valence electrons. The molecule has 1 aromatic rings. The van der Waals surface area contributed by atoms with Gasteiger partial charge in [-0.2, -0.15) is 0 Å². The molecular weight excluding hydrogens is 259 g/mol.